The molecule has 0 aromatic rings. The van der Waals surface area contributed by atoms with Gasteiger partial charge in [0.1, 0.15) is 0 Å². The van der Waals surface area contributed by atoms with Crippen molar-refractivity contribution in [3.63, 3.8) is 0 Å². The van der Waals surface area contributed by atoms with Crippen molar-refractivity contribution in [3.8, 4) is 0 Å². The van der Waals surface area contributed by atoms with E-state index in [0.717, 1.165) is 17.8 Å². The third-order valence-electron chi connectivity index (χ3n) is 3.55. The molecule has 1 fully saturated rings. The highest BCUT2D eigenvalue weighted by molar-refractivity contribution is 4.82. The summed E-state index contributed by atoms with van der Waals surface area (Å²) in [6.07, 6.45) is 2.68. The standard InChI is InChI=1S/C10H20O/c1-7-4-5-10(9(7)3)8(2)6-11/h7-11H,4-6H2,1-3H3. The zero-order chi connectivity index (χ0) is 8.43. The minimum Gasteiger partial charge on any atom is -0.396 e. The van der Waals surface area contributed by atoms with Crippen LogP contribution in [-0.4, -0.2) is 11.7 Å². The van der Waals surface area contributed by atoms with Crippen LogP contribution >= 0.6 is 0 Å². The molecular weight excluding hydrogens is 136 g/mol. The van der Waals surface area contributed by atoms with E-state index in [1.54, 1.807) is 0 Å². The van der Waals surface area contributed by atoms with Crippen LogP contribution < -0.4 is 0 Å². The Balaban J connectivity index is 2.47. The SMILES string of the molecule is CC1CCC(C(C)CO)C1C. The quantitative estimate of drug-likeness (QED) is 0.650. The molecule has 1 aliphatic rings. The van der Waals surface area contributed by atoms with E-state index < -0.39 is 0 Å². The van der Waals surface area contributed by atoms with Crippen LogP contribution in [0.15, 0.2) is 0 Å². The molecule has 0 aliphatic heterocycles. The third kappa shape index (κ3) is 1.76. The van der Waals surface area contributed by atoms with Gasteiger partial charge >= 0.3 is 0 Å². The number of hydrogen-bond acceptors (Lipinski definition) is 1. The van der Waals surface area contributed by atoms with Crippen LogP contribution in [0.1, 0.15) is 33.6 Å². The van der Waals surface area contributed by atoms with Crippen molar-refractivity contribution < 1.29 is 5.11 Å². The number of rotatable bonds is 2. The Hall–Kier alpha value is -0.0400. The van der Waals surface area contributed by atoms with Gasteiger partial charge in [-0.25, -0.2) is 0 Å². The van der Waals surface area contributed by atoms with Crippen molar-refractivity contribution in [1.82, 2.24) is 0 Å². The van der Waals surface area contributed by atoms with Gasteiger partial charge in [-0.15, -0.1) is 0 Å². The van der Waals surface area contributed by atoms with Gasteiger partial charge in [0.25, 0.3) is 0 Å². The van der Waals surface area contributed by atoms with Crippen LogP contribution in [0.2, 0.25) is 0 Å². The summed E-state index contributed by atoms with van der Waals surface area (Å²) in [5.41, 5.74) is 0. The second-order valence-electron chi connectivity index (χ2n) is 4.24. The third-order valence-corrected chi connectivity index (χ3v) is 3.55. The van der Waals surface area contributed by atoms with Crippen molar-refractivity contribution in [2.24, 2.45) is 23.7 Å². The summed E-state index contributed by atoms with van der Waals surface area (Å²) in [6, 6.07) is 0. The molecule has 1 rings (SSSR count). The highest BCUT2D eigenvalue weighted by atomic mass is 16.3. The number of aliphatic hydroxyl groups excluding tert-OH is 1. The van der Waals surface area contributed by atoms with E-state index in [-0.39, 0.29) is 0 Å². The van der Waals surface area contributed by atoms with Crippen LogP contribution in [0.3, 0.4) is 0 Å². The van der Waals surface area contributed by atoms with Gasteiger partial charge in [0, 0.05) is 6.61 Å². The van der Waals surface area contributed by atoms with Crippen LogP contribution in [0.4, 0.5) is 0 Å². The molecule has 0 bridgehead atoms. The van der Waals surface area contributed by atoms with Gasteiger partial charge < -0.3 is 5.11 Å². The maximum Gasteiger partial charge on any atom is 0.0459 e. The van der Waals surface area contributed by atoms with E-state index in [2.05, 4.69) is 20.8 Å². The molecule has 1 saturated carbocycles. The molecule has 0 saturated heterocycles. The van der Waals surface area contributed by atoms with Crippen molar-refractivity contribution in [2.45, 2.75) is 33.6 Å². The molecule has 66 valence electrons. The second kappa shape index (κ2) is 3.57. The molecule has 0 aromatic heterocycles. The lowest BCUT2D eigenvalue weighted by atomic mass is 9.84. The average molecular weight is 156 g/mol. The molecule has 1 N–H and O–H groups in total. The summed E-state index contributed by atoms with van der Waals surface area (Å²) in [6.45, 7) is 7.18. The van der Waals surface area contributed by atoms with Gasteiger partial charge in [-0.2, -0.15) is 0 Å². The number of hydrogen-bond donors (Lipinski definition) is 1. The lowest BCUT2D eigenvalue weighted by Crippen LogP contribution is -2.19. The van der Waals surface area contributed by atoms with E-state index in [9.17, 15) is 0 Å². The topological polar surface area (TPSA) is 20.2 Å². The minimum atomic E-state index is 0.363. The zero-order valence-electron chi connectivity index (χ0n) is 7.88. The molecule has 1 heteroatoms. The van der Waals surface area contributed by atoms with Crippen molar-refractivity contribution in [2.75, 3.05) is 6.61 Å². The van der Waals surface area contributed by atoms with Gasteiger partial charge in [0.05, 0.1) is 0 Å². The molecule has 0 radical (unpaired) electrons. The predicted molar refractivity (Wildman–Crippen MR) is 47.3 cm³/mol. The Morgan fingerprint density at radius 1 is 1.36 bits per heavy atom. The van der Waals surface area contributed by atoms with E-state index in [1.165, 1.54) is 12.8 Å². The number of aliphatic hydroxyl groups is 1. The van der Waals surface area contributed by atoms with Crippen molar-refractivity contribution >= 4 is 0 Å². The molecule has 0 amide bonds. The Labute approximate surface area is 69.8 Å². The molecule has 1 aliphatic carbocycles. The largest absolute Gasteiger partial charge is 0.396 e. The fraction of sp³-hybridized carbons (Fsp3) is 1.00. The average Bonchev–Trinajstić information content (AvgIpc) is 2.32. The van der Waals surface area contributed by atoms with Gasteiger partial charge in [-0.05, 0) is 30.1 Å². The zero-order valence-corrected chi connectivity index (χ0v) is 7.88. The molecule has 0 heterocycles. The second-order valence-corrected chi connectivity index (χ2v) is 4.24. The van der Waals surface area contributed by atoms with Crippen LogP contribution in [0.25, 0.3) is 0 Å². The van der Waals surface area contributed by atoms with Crippen LogP contribution in [-0.2, 0) is 0 Å². The molecule has 4 atom stereocenters. The normalized spacial score (nSPS) is 40.9. The lowest BCUT2D eigenvalue weighted by Gasteiger charge is -2.22. The van der Waals surface area contributed by atoms with E-state index in [0.29, 0.717) is 12.5 Å². The molecule has 4 unspecified atom stereocenters. The molecular formula is C10H20O. The molecule has 0 spiro atoms. The van der Waals surface area contributed by atoms with Crippen LogP contribution in [0, 0.1) is 23.7 Å². The van der Waals surface area contributed by atoms with Gasteiger partial charge in [-0.3, -0.25) is 0 Å². The maximum absolute atomic E-state index is 9.00. The lowest BCUT2D eigenvalue weighted by molar-refractivity contribution is 0.161. The Bertz CT molecular complexity index is 122. The van der Waals surface area contributed by atoms with Crippen molar-refractivity contribution in [1.29, 1.82) is 0 Å². The summed E-state index contributed by atoms with van der Waals surface area (Å²) in [5.74, 6) is 2.97. The predicted octanol–water partition coefficient (Wildman–Crippen LogP) is 2.30. The van der Waals surface area contributed by atoms with E-state index >= 15 is 0 Å². The first-order valence-corrected chi connectivity index (χ1v) is 4.77. The molecule has 11 heavy (non-hydrogen) atoms. The van der Waals surface area contributed by atoms with Gasteiger partial charge in [0.15, 0.2) is 0 Å². The molecule has 1 nitrogen and oxygen atoms in total. The first-order valence-electron chi connectivity index (χ1n) is 4.77. The highest BCUT2D eigenvalue weighted by Crippen LogP contribution is 2.40. The van der Waals surface area contributed by atoms with E-state index in [4.69, 9.17) is 5.11 Å². The Kier molecular flexibility index (Phi) is 2.94. The van der Waals surface area contributed by atoms with Crippen molar-refractivity contribution in [3.05, 3.63) is 0 Å². The Morgan fingerprint density at radius 2 is 2.00 bits per heavy atom. The fourth-order valence-electron chi connectivity index (χ4n) is 2.34. The van der Waals surface area contributed by atoms with E-state index in [1.807, 2.05) is 0 Å². The minimum absolute atomic E-state index is 0.363. The monoisotopic (exact) mass is 156 g/mol. The first-order chi connectivity index (χ1) is 5.16. The highest BCUT2D eigenvalue weighted by Gasteiger charge is 2.32. The maximum atomic E-state index is 9.00. The van der Waals surface area contributed by atoms with Crippen LogP contribution in [0.5, 0.6) is 0 Å². The summed E-state index contributed by atoms with van der Waals surface area (Å²) in [5, 5.41) is 9.00. The Morgan fingerprint density at radius 3 is 2.36 bits per heavy atom. The van der Waals surface area contributed by atoms with Gasteiger partial charge in [0.2, 0.25) is 0 Å². The van der Waals surface area contributed by atoms with Gasteiger partial charge in [-0.1, -0.05) is 27.2 Å². The summed E-state index contributed by atoms with van der Waals surface area (Å²) < 4.78 is 0. The summed E-state index contributed by atoms with van der Waals surface area (Å²) >= 11 is 0. The summed E-state index contributed by atoms with van der Waals surface area (Å²) in [4.78, 5) is 0. The smallest absolute Gasteiger partial charge is 0.0459 e. The fourth-order valence-corrected chi connectivity index (χ4v) is 2.34. The molecule has 0 aromatic carbocycles. The first kappa shape index (κ1) is 9.05. The summed E-state index contributed by atoms with van der Waals surface area (Å²) in [7, 11) is 0.